The van der Waals surface area contributed by atoms with Gasteiger partial charge in [0.1, 0.15) is 11.9 Å². The molecule has 1 atom stereocenters. The van der Waals surface area contributed by atoms with E-state index in [0.717, 1.165) is 15.3 Å². The lowest BCUT2D eigenvalue weighted by Gasteiger charge is -2.31. The number of nitrogens with zero attached hydrogens (tertiary/aromatic N) is 2. The molecule has 0 saturated heterocycles. The lowest BCUT2D eigenvalue weighted by molar-refractivity contribution is -0.384. The Kier molecular flexibility index (Phi) is 12.1. The fourth-order valence-electron chi connectivity index (χ4n) is 4.48. The second kappa shape index (κ2) is 15.8. The molecule has 47 heavy (non-hydrogen) atoms. The Morgan fingerprint density at radius 3 is 2.26 bits per heavy atom. The number of thiophene rings is 1. The summed E-state index contributed by atoms with van der Waals surface area (Å²) in [5.41, 5.74) is 7.82. The maximum atomic E-state index is 13.8. The lowest BCUT2D eigenvalue weighted by atomic mass is 10.0. The van der Waals surface area contributed by atoms with Crippen LogP contribution in [0.25, 0.3) is 0 Å². The van der Waals surface area contributed by atoms with Gasteiger partial charge in [-0.25, -0.2) is 4.79 Å². The van der Waals surface area contributed by atoms with E-state index in [1.165, 1.54) is 24.3 Å². The van der Waals surface area contributed by atoms with Crippen LogP contribution in [0.15, 0.2) is 54.6 Å². The van der Waals surface area contributed by atoms with Crippen molar-refractivity contribution >= 4 is 46.6 Å². The predicted octanol–water partition coefficient (Wildman–Crippen LogP) is 3.61. The number of hydrogen-bond acceptors (Lipinski definition) is 9. The molecule has 1 aliphatic rings. The number of esters is 1. The summed E-state index contributed by atoms with van der Waals surface area (Å²) < 4.78 is 36.8. The highest BCUT2D eigenvalue weighted by Crippen LogP contribution is 2.29. The van der Waals surface area contributed by atoms with Crippen LogP contribution in [0.1, 0.15) is 43.7 Å². The molecule has 0 spiro atoms. The van der Waals surface area contributed by atoms with E-state index in [-0.39, 0.29) is 36.2 Å². The van der Waals surface area contributed by atoms with Gasteiger partial charge in [0.05, 0.1) is 18.0 Å². The Morgan fingerprint density at radius 1 is 1.13 bits per heavy atom. The third kappa shape index (κ3) is 10.4. The van der Waals surface area contributed by atoms with E-state index >= 15 is 0 Å². The smallest absolute Gasteiger partial charge is 0.475 e. The number of ether oxygens (including phenoxy) is 1. The number of alkyl halides is 3. The largest absolute Gasteiger partial charge is 0.490 e. The summed E-state index contributed by atoms with van der Waals surface area (Å²) in [6.07, 6.45) is -4.14. The third-order valence-electron chi connectivity index (χ3n) is 6.74. The maximum absolute atomic E-state index is 13.8. The Hall–Kier alpha value is -5.32. The van der Waals surface area contributed by atoms with Gasteiger partial charge in [-0.2, -0.15) is 13.2 Å². The van der Waals surface area contributed by atoms with Crippen LogP contribution in [-0.4, -0.2) is 69.9 Å². The van der Waals surface area contributed by atoms with Crippen molar-refractivity contribution in [1.29, 1.82) is 5.41 Å². The van der Waals surface area contributed by atoms with Crippen LogP contribution in [0.2, 0.25) is 0 Å². The number of amides is 2. The Morgan fingerprint density at radius 2 is 1.72 bits per heavy atom. The number of carboxylic acid groups (broad SMARTS) is 1. The highest BCUT2D eigenvalue weighted by atomic mass is 32.1. The van der Waals surface area contributed by atoms with Gasteiger partial charge in [0.2, 0.25) is 5.91 Å². The first-order valence-electron chi connectivity index (χ1n) is 13.9. The fraction of sp³-hybridized carbons (Fsp3) is 0.300. The highest BCUT2D eigenvalue weighted by Gasteiger charge is 2.38. The second-order valence-electron chi connectivity index (χ2n) is 10.1. The number of nitrogens with one attached hydrogen (secondary N) is 2. The number of nitrogens with two attached hydrogens (primary N) is 1. The Labute approximate surface area is 269 Å². The summed E-state index contributed by atoms with van der Waals surface area (Å²) in [5.74, 6) is -3.93. The SMILES string of the molecule is CCOC(=O)Cc1cc2c(s1)CCN(C(=O)[C@H](Cc1ccc([N+](=O)[O-])cc1)NC(=O)c1ccc(C(=N)N)cc1)C2.O=C(O)C(F)(F)F. The summed E-state index contributed by atoms with van der Waals surface area (Å²) in [7, 11) is 0. The molecule has 0 unspecified atom stereocenters. The molecule has 1 aliphatic heterocycles. The van der Waals surface area contributed by atoms with Crippen molar-refractivity contribution in [3.05, 3.63) is 96.7 Å². The number of halogens is 3. The van der Waals surface area contributed by atoms with Gasteiger partial charge in [-0.05, 0) is 42.7 Å². The summed E-state index contributed by atoms with van der Waals surface area (Å²) in [6, 6.07) is 13.0. The minimum atomic E-state index is -5.08. The summed E-state index contributed by atoms with van der Waals surface area (Å²) in [5, 5.41) is 28.5. The minimum absolute atomic E-state index is 0.0686. The van der Waals surface area contributed by atoms with Crippen LogP contribution >= 0.6 is 11.3 Å². The van der Waals surface area contributed by atoms with Crippen LogP contribution in [0.4, 0.5) is 18.9 Å². The van der Waals surface area contributed by atoms with Gasteiger partial charge in [-0.3, -0.25) is 29.9 Å². The number of rotatable bonds is 10. The van der Waals surface area contributed by atoms with Crippen molar-refractivity contribution in [2.75, 3.05) is 13.2 Å². The first kappa shape index (κ1) is 36.2. The fourth-order valence-corrected chi connectivity index (χ4v) is 5.63. The Balaban J connectivity index is 0.000000771. The van der Waals surface area contributed by atoms with Gasteiger partial charge >= 0.3 is 18.1 Å². The van der Waals surface area contributed by atoms with E-state index in [4.69, 9.17) is 25.8 Å². The van der Waals surface area contributed by atoms with Gasteiger partial charge < -0.3 is 25.8 Å². The maximum Gasteiger partial charge on any atom is 0.490 e. The van der Waals surface area contributed by atoms with Crippen LogP contribution in [0.5, 0.6) is 0 Å². The minimum Gasteiger partial charge on any atom is -0.475 e. The topological polar surface area (TPSA) is 206 Å². The van der Waals surface area contributed by atoms with E-state index in [2.05, 4.69) is 5.32 Å². The zero-order valence-corrected chi connectivity index (χ0v) is 25.7. The van der Waals surface area contributed by atoms with E-state index in [1.54, 1.807) is 47.4 Å². The monoisotopic (exact) mass is 677 g/mol. The van der Waals surface area contributed by atoms with Crippen LogP contribution < -0.4 is 11.1 Å². The number of carboxylic acids is 1. The molecule has 2 heterocycles. The zero-order valence-electron chi connectivity index (χ0n) is 24.8. The summed E-state index contributed by atoms with van der Waals surface area (Å²) in [4.78, 5) is 61.9. The number of carbonyl (C=O) groups excluding carboxylic acids is 3. The standard InChI is InChI=1S/C28H29N5O6S.C2HF3O2/c1-2-39-25(34)15-22-14-20-16-32(12-11-24(20)40-22)28(36)23(13-17-3-9-21(10-4-17)33(37)38)31-27(35)19-7-5-18(6-8-19)26(29)30;3-2(4,5)1(6)7/h3-10,14,23H,2,11-13,15-16H2,1H3,(H3,29,30)(H,31,35);(H,6,7)/t23-;/m0./s1. The molecule has 0 bridgehead atoms. The van der Waals surface area contributed by atoms with E-state index in [1.807, 2.05) is 6.07 Å². The van der Waals surface area contributed by atoms with E-state index < -0.39 is 29.0 Å². The first-order valence-corrected chi connectivity index (χ1v) is 14.7. The second-order valence-corrected chi connectivity index (χ2v) is 11.3. The predicted molar refractivity (Wildman–Crippen MR) is 163 cm³/mol. The Bertz CT molecular complexity index is 1640. The number of nitro groups is 1. The van der Waals surface area contributed by atoms with Gasteiger partial charge in [-0.1, -0.05) is 24.3 Å². The van der Waals surface area contributed by atoms with Gasteiger partial charge in [0, 0.05) is 52.5 Å². The molecule has 0 saturated carbocycles. The zero-order chi connectivity index (χ0) is 34.9. The van der Waals surface area contributed by atoms with Gasteiger partial charge in [0.15, 0.2) is 0 Å². The number of aliphatic carboxylic acids is 1. The molecule has 13 nitrogen and oxygen atoms in total. The molecule has 250 valence electrons. The van der Waals surface area contributed by atoms with Crippen LogP contribution in [0, 0.1) is 15.5 Å². The normalized spacial score (nSPS) is 12.9. The number of nitrogen functional groups attached to an aromatic ring is 1. The van der Waals surface area contributed by atoms with E-state index in [9.17, 15) is 37.7 Å². The molecule has 3 aromatic rings. The number of carbonyl (C=O) groups is 4. The molecule has 0 radical (unpaired) electrons. The molecular formula is C30H30F3N5O8S. The van der Waals surface area contributed by atoms with Crippen molar-refractivity contribution in [2.45, 2.75) is 44.9 Å². The molecule has 2 aromatic carbocycles. The molecule has 17 heteroatoms. The number of benzene rings is 2. The first-order chi connectivity index (χ1) is 22.1. The molecule has 0 aliphatic carbocycles. The lowest BCUT2D eigenvalue weighted by Crippen LogP contribution is -2.50. The molecule has 2 amide bonds. The highest BCUT2D eigenvalue weighted by molar-refractivity contribution is 7.12. The van der Waals surface area contributed by atoms with Crippen LogP contribution in [-0.2, 0) is 44.9 Å². The summed E-state index contributed by atoms with van der Waals surface area (Å²) in [6.45, 7) is 2.86. The molecular weight excluding hydrogens is 647 g/mol. The number of fused-ring (bicyclic) bond motifs is 1. The van der Waals surface area contributed by atoms with Crippen molar-refractivity contribution < 1.29 is 47.1 Å². The number of hydrogen-bond donors (Lipinski definition) is 4. The molecule has 1 aromatic heterocycles. The van der Waals surface area contributed by atoms with E-state index in [0.29, 0.717) is 42.8 Å². The van der Waals surface area contributed by atoms with Gasteiger partial charge in [0.25, 0.3) is 11.6 Å². The third-order valence-corrected chi connectivity index (χ3v) is 7.98. The van der Waals surface area contributed by atoms with Gasteiger partial charge in [-0.15, -0.1) is 11.3 Å². The van der Waals surface area contributed by atoms with Crippen molar-refractivity contribution in [2.24, 2.45) is 5.73 Å². The van der Waals surface area contributed by atoms with Crippen molar-refractivity contribution in [3.8, 4) is 0 Å². The molecule has 5 N–H and O–H groups in total. The van der Waals surface area contributed by atoms with Crippen molar-refractivity contribution in [3.63, 3.8) is 0 Å². The average Bonchev–Trinajstić information content (AvgIpc) is 3.42. The molecule has 0 fully saturated rings. The number of nitro benzene ring substituents is 1. The van der Waals surface area contributed by atoms with Crippen molar-refractivity contribution in [1.82, 2.24) is 10.2 Å². The average molecular weight is 678 g/mol. The number of amidine groups is 1. The quantitative estimate of drug-likeness (QED) is 0.0812. The summed E-state index contributed by atoms with van der Waals surface area (Å²) >= 11 is 1.54. The molecule has 4 rings (SSSR count). The van der Waals surface area contributed by atoms with Crippen LogP contribution in [0.3, 0.4) is 0 Å². The number of non-ortho nitro benzene ring substituents is 1.